The Morgan fingerprint density at radius 2 is 2.00 bits per heavy atom. The van der Waals surface area contributed by atoms with Crippen LogP contribution in [0.3, 0.4) is 0 Å². The normalized spacial score (nSPS) is 19.0. The fraction of sp³-hybridized carbons (Fsp3) is 0.389. The molecule has 0 N–H and O–H groups in total. The summed E-state index contributed by atoms with van der Waals surface area (Å²) in [5.74, 6) is -0.0304. The molecule has 0 spiro atoms. The van der Waals surface area contributed by atoms with Crippen molar-refractivity contribution in [1.82, 2.24) is 9.88 Å². The molecule has 0 fully saturated rings. The number of likely N-dealkylation sites (N-methyl/N-ethyl adjacent to an activating group) is 1. The molecular formula is C18H23N3O2. The summed E-state index contributed by atoms with van der Waals surface area (Å²) in [5, 5.41) is 0.993. The number of benzene rings is 1. The molecule has 5 nitrogen and oxygen atoms in total. The molecule has 1 amide bonds. The Balaban J connectivity index is 0.000000924. The molecule has 0 bridgehead atoms. The lowest BCUT2D eigenvalue weighted by Crippen LogP contribution is -2.37. The van der Waals surface area contributed by atoms with E-state index in [9.17, 15) is 4.79 Å². The number of nitrogens with zero attached hydrogens (tertiary/aromatic N) is 3. The van der Waals surface area contributed by atoms with E-state index in [0.717, 1.165) is 16.5 Å². The first-order valence-electron chi connectivity index (χ1n) is 7.98. The highest BCUT2D eigenvalue weighted by molar-refractivity contribution is 5.88. The highest BCUT2D eigenvalue weighted by atomic mass is 16.5. The van der Waals surface area contributed by atoms with Crippen molar-refractivity contribution in [3.8, 4) is 0 Å². The van der Waals surface area contributed by atoms with E-state index in [-0.39, 0.29) is 12.0 Å². The molecule has 1 aliphatic heterocycles. The molecule has 0 saturated carbocycles. The van der Waals surface area contributed by atoms with E-state index in [0.29, 0.717) is 6.54 Å². The first kappa shape index (κ1) is 16.9. The molecule has 1 aromatic heterocycles. The van der Waals surface area contributed by atoms with Gasteiger partial charge in [-0.2, -0.15) is 0 Å². The van der Waals surface area contributed by atoms with E-state index in [2.05, 4.69) is 9.98 Å². The minimum absolute atomic E-state index is 0.0304. The van der Waals surface area contributed by atoms with Gasteiger partial charge in [-0.05, 0) is 19.1 Å². The molecule has 2 aromatic rings. The van der Waals surface area contributed by atoms with Crippen LogP contribution in [0.4, 0.5) is 0 Å². The largest absolute Gasteiger partial charge is 0.473 e. The number of amides is 1. The average molecular weight is 313 g/mol. The summed E-state index contributed by atoms with van der Waals surface area (Å²) in [6, 6.07) is 9.21. The fourth-order valence-electron chi connectivity index (χ4n) is 2.50. The number of carbonyl (C=O) groups excluding carboxylic acids is 1. The molecule has 5 heteroatoms. The molecule has 1 aromatic carbocycles. The van der Waals surface area contributed by atoms with Gasteiger partial charge in [0.05, 0.1) is 5.52 Å². The molecule has 0 radical (unpaired) electrons. The Labute approximate surface area is 137 Å². The van der Waals surface area contributed by atoms with Gasteiger partial charge in [-0.25, -0.2) is 4.99 Å². The van der Waals surface area contributed by atoms with Crippen LogP contribution in [0.25, 0.3) is 10.9 Å². The van der Waals surface area contributed by atoms with Gasteiger partial charge in [0.1, 0.15) is 0 Å². The summed E-state index contributed by atoms with van der Waals surface area (Å²) in [5.41, 5.74) is 1.83. The molecule has 1 aliphatic rings. The number of aromatic nitrogens is 1. The third-order valence-electron chi connectivity index (χ3n) is 3.81. The second kappa shape index (κ2) is 7.72. The number of rotatable bonds is 3. The minimum Gasteiger partial charge on any atom is -0.473 e. The summed E-state index contributed by atoms with van der Waals surface area (Å²) < 4.78 is 5.61. The summed E-state index contributed by atoms with van der Waals surface area (Å²) in [6.45, 7) is 6.59. The number of fused-ring (bicyclic) bond motifs is 1. The molecule has 1 unspecified atom stereocenters. The quantitative estimate of drug-likeness (QED) is 0.874. The Morgan fingerprint density at radius 3 is 2.74 bits per heavy atom. The van der Waals surface area contributed by atoms with Gasteiger partial charge in [0, 0.05) is 30.7 Å². The van der Waals surface area contributed by atoms with Gasteiger partial charge in [-0.3, -0.25) is 9.78 Å². The third kappa shape index (κ3) is 3.33. The topological polar surface area (TPSA) is 54.8 Å². The lowest BCUT2D eigenvalue weighted by Gasteiger charge is -2.22. The van der Waals surface area contributed by atoms with E-state index in [4.69, 9.17) is 4.74 Å². The molecule has 0 saturated heterocycles. The Morgan fingerprint density at radius 1 is 1.26 bits per heavy atom. The summed E-state index contributed by atoms with van der Waals surface area (Å²) >= 11 is 0. The predicted octanol–water partition coefficient (Wildman–Crippen LogP) is 3.21. The van der Waals surface area contributed by atoms with Crippen LogP contribution in [-0.4, -0.2) is 41.8 Å². The predicted molar refractivity (Wildman–Crippen MR) is 92.5 cm³/mol. The Bertz CT molecular complexity index is 694. The monoisotopic (exact) mass is 313 g/mol. The van der Waals surface area contributed by atoms with Crippen molar-refractivity contribution in [3.05, 3.63) is 42.1 Å². The molecule has 23 heavy (non-hydrogen) atoms. The molecular weight excluding hydrogens is 290 g/mol. The maximum atomic E-state index is 12.4. The van der Waals surface area contributed by atoms with Crippen LogP contribution in [0.2, 0.25) is 0 Å². The fourth-order valence-corrected chi connectivity index (χ4v) is 2.50. The van der Waals surface area contributed by atoms with Crippen molar-refractivity contribution < 1.29 is 9.53 Å². The van der Waals surface area contributed by atoms with E-state index in [1.165, 1.54) is 6.40 Å². The van der Waals surface area contributed by atoms with Crippen molar-refractivity contribution in [1.29, 1.82) is 0 Å². The molecule has 2 heterocycles. The summed E-state index contributed by atoms with van der Waals surface area (Å²) in [6.07, 6.45) is 2.73. The van der Waals surface area contributed by atoms with Gasteiger partial charge in [0.2, 0.25) is 0 Å². The van der Waals surface area contributed by atoms with Crippen LogP contribution >= 0.6 is 0 Å². The Kier molecular flexibility index (Phi) is 5.68. The standard InChI is InChI=1S/C16H17N3O2.C2H6/c1-3-19(2)16(20)14-15(21-10-18-14)12-8-9-17-13-7-5-4-6-11(12)13;1-2/h4-10,14-15H,3H2,1-2H3;1-2H3/t14?,15-;/m1./s1. The highest BCUT2D eigenvalue weighted by Gasteiger charge is 2.36. The number of hydrogen-bond donors (Lipinski definition) is 0. The maximum Gasteiger partial charge on any atom is 0.251 e. The maximum absolute atomic E-state index is 12.4. The zero-order valence-electron chi connectivity index (χ0n) is 14.1. The van der Waals surface area contributed by atoms with E-state index in [1.54, 1.807) is 18.1 Å². The van der Waals surface area contributed by atoms with Crippen molar-refractivity contribution in [2.45, 2.75) is 32.9 Å². The minimum atomic E-state index is -0.527. The van der Waals surface area contributed by atoms with Gasteiger partial charge in [-0.15, -0.1) is 0 Å². The van der Waals surface area contributed by atoms with E-state index >= 15 is 0 Å². The van der Waals surface area contributed by atoms with Crippen LogP contribution in [-0.2, 0) is 9.53 Å². The average Bonchev–Trinajstić information content (AvgIpc) is 3.11. The van der Waals surface area contributed by atoms with Gasteiger partial charge in [0.15, 0.2) is 18.5 Å². The number of ether oxygens (including phenoxy) is 1. The number of carbonyl (C=O) groups is 1. The van der Waals surface area contributed by atoms with Crippen LogP contribution in [0.1, 0.15) is 32.4 Å². The van der Waals surface area contributed by atoms with Gasteiger partial charge in [-0.1, -0.05) is 32.0 Å². The van der Waals surface area contributed by atoms with Crippen molar-refractivity contribution in [2.75, 3.05) is 13.6 Å². The molecule has 2 atom stereocenters. The first-order chi connectivity index (χ1) is 11.2. The second-order valence-electron chi connectivity index (χ2n) is 5.03. The smallest absolute Gasteiger partial charge is 0.251 e. The van der Waals surface area contributed by atoms with Crippen LogP contribution in [0.15, 0.2) is 41.5 Å². The third-order valence-corrected chi connectivity index (χ3v) is 3.81. The summed E-state index contributed by atoms with van der Waals surface area (Å²) in [4.78, 5) is 22.6. The molecule has 0 aliphatic carbocycles. The molecule has 122 valence electrons. The summed E-state index contributed by atoms with van der Waals surface area (Å²) in [7, 11) is 1.78. The lowest BCUT2D eigenvalue weighted by atomic mass is 9.98. The van der Waals surface area contributed by atoms with Gasteiger partial charge >= 0.3 is 0 Å². The first-order valence-corrected chi connectivity index (χ1v) is 7.98. The number of pyridine rings is 1. The zero-order chi connectivity index (χ0) is 16.8. The molecule has 3 rings (SSSR count). The highest BCUT2D eigenvalue weighted by Crippen LogP contribution is 2.32. The van der Waals surface area contributed by atoms with Crippen molar-refractivity contribution in [3.63, 3.8) is 0 Å². The van der Waals surface area contributed by atoms with Gasteiger partial charge in [0.25, 0.3) is 5.91 Å². The van der Waals surface area contributed by atoms with Crippen LogP contribution < -0.4 is 0 Å². The Hall–Kier alpha value is -2.43. The van der Waals surface area contributed by atoms with E-state index in [1.807, 2.05) is 51.1 Å². The van der Waals surface area contributed by atoms with Crippen LogP contribution in [0, 0.1) is 0 Å². The second-order valence-corrected chi connectivity index (χ2v) is 5.03. The number of para-hydroxylation sites is 1. The zero-order valence-corrected chi connectivity index (χ0v) is 14.1. The van der Waals surface area contributed by atoms with Crippen molar-refractivity contribution in [2.24, 2.45) is 4.99 Å². The lowest BCUT2D eigenvalue weighted by molar-refractivity contribution is -0.132. The van der Waals surface area contributed by atoms with E-state index < -0.39 is 6.04 Å². The number of hydrogen-bond acceptors (Lipinski definition) is 4. The van der Waals surface area contributed by atoms with Crippen LogP contribution in [0.5, 0.6) is 0 Å². The van der Waals surface area contributed by atoms with Crippen molar-refractivity contribution >= 4 is 23.2 Å². The SMILES string of the molecule is CC.CCN(C)C(=O)C1N=CO[C@@H]1c1ccnc2ccccc12. The van der Waals surface area contributed by atoms with Gasteiger partial charge < -0.3 is 9.64 Å². The number of aliphatic imine (C=N–C) groups is 1.